The van der Waals surface area contributed by atoms with Crippen LogP contribution in [0.3, 0.4) is 0 Å². The number of furan rings is 1. The van der Waals surface area contributed by atoms with E-state index in [1.165, 1.54) is 47.7 Å². The van der Waals surface area contributed by atoms with E-state index in [0.29, 0.717) is 17.5 Å². The molecule has 0 aliphatic rings. The third-order valence-electron chi connectivity index (χ3n) is 11.1. The van der Waals surface area contributed by atoms with Gasteiger partial charge in [-0.2, -0.15) is 0 Å². The highest BCUT2D eigenvalue weighted by atomic mass is 32.1. The van der Waals surface area contributed by atoms with Crippen LogP contribution in [0.5, 0.6) is 0 Å². The largest absolute Gasteiger partial charge is 0.456 e. The van der Waals surface area contributed by atoms with Gasteiger partial charge >= 0.3 is 0 Å². The van der Waals surface area contributed by atoms with Gasteiger partial charge in [0, 0.05) is 64.1 Å². The second kappa shape index (κ2) is 12.6. The summed E-state index contributed by atoms with van der Waals surface area (Å²) >= 11 is 1.82. The fourth-order valence-corrected chi connectivity index (χ4v) is 9.73. The van der Waals surface area contributed by atoms with Crippen molar-refractivity contribution in [2.24, 2.45) is 0 Å². The Morgan fingerprint density at radius 1 is 0.404 bits per heavy atom. The van der Waals surface area contributed by atoms with Gasteiger partial charge in [-0.25, -0.2) is 15.0 Å². The van der Waals surface area contributed by atoms with Crippen molar-refractivity contribution < 1.29 is 4.42 Å². The summed E-state index contributed by atoms with van der Waals surface area (Å²) in [5.74, 6) is 1.89. The Kier molecular flexibility index (Phi) is 7.03. The topological polar surface area (TPSA) is 56.7 Å². The first kappa shape index (κ1) is 31.9. The Hall–Kier alpha value is -7.41. The lowest BCUT2D eigenvalue weighted by Gasteiger charge is -2.10. The van der Waals surface area contributed by atoms with Crippen LogP contribution in [0.1, 0.15) is 0 Å². The van der Waals surface area contributed by atoms with E-state index in [1.54, 1.807) is 0 Å². The molecule has 0 atom stereocenters. The molecule has 0 aliphatic carbocycles. The molecule has 266 valence electrons. The number of hydrogen-bond acceptors (Lipinski definition) is 5. The average molecular weight is 747 g/mol. The van der Waals surface area contributed by atoms with Crippen molar-refractivity contribution in [3.8, 4) is 51.0 Å². The molecule has 57 heavy (non-hydrogen) atoms. The number of fused-ring (bicyclic) bond motifs is 9. The maximum Gasteiger partial charge on any atom is 0.164 e. The lowest BCUT2D eigenvalue weighted by molar-refractivity contribution is 0.669. The van der Waals surface area contributed by atoms with Gasteiger partial charge in [0.1, 0.15) is 11.2 Å². The van der Waals surface area contributed by atoms with Crippen molar-refractivity contribution in [2.75, 3.05) is 0 Å². The van der Waals surface area contributed by atoms with Crippen LogP contribution in [0, 0.1) is 0 Å². The third kappa shape index (κ3) is 5.04. The minimum atomic E-state index is 0.616. The average Bonchev–Trinajstić information content (AvgIpc) is 3.96. The van der Waals surface area contributed by atoms with Gasteiger partial charge in [-0.1, -0.05) is 127 Å². The summed E-state index contributed by atoms with van der Waals surface area (Å²) < 4.78 is 11.0. The standard InChI is InChI=1S/C51H30N4OS/c1-3-13-31(14-4-1)49-52-50(33-26-28-45-41(29-33)38-18-8-10-23-44(38)56-45)54-51(53-49)40-21-12-24-46-47(40)39-20-11-19-35(48(39)57-46)32-25-27-37-36-17-7-9-22-42(36)55(43(37)30-32)34-15-5-2-6-16-34/h1-30H. The van der Waals surface area contributed by atoms with Gasteiger partial charge in [-0.3, -0.25) is 0 Å². The first-order valence-electron chi connectivity index (χ1n) is 19.0. The van der Waals surface area contributed by atoms with Gasteiger partial charge in [-0.15, -0.1) is 11.3 Å². The molecule has 0 bridgehead atoms. The van der Waals surface area contributed by atoms with Crippen LogP contribution < -0.4 is 0 Å². The second-order valence-electron chi connectivity index (χ2n) is 14.4. The molecule has 4 aromatic heterocycles. The fourth-order valence-electron chi connectivity index (χ4n) is 8.46. The van der Waals surface area contributed by atoms with Gasteiger partial charge in [0.05, 0.1) is 11.0 Å². The van der Waals surface area contributed by atoms with Crippen molar-refractivity contribution in [2.45, 2.75) is 0 Å². The van der Waals surface area contributed by atoms with Crippen LogP contribution in [0.15, 0.2) is 186 Å². The highest BCUT2D eigenvalue weighted by Gasteiger charge is 2.20. The summed E-state index contributed by atoms with van der Waals surface area (Å²) in [5.41, 5.74) is 10.4. The molecule has 5 nitrogen and oxygen atoms in total. The first-order chi connectivity index (χ1) is 28.2. The van der Waals surface area contributed by atoms with Crippen molar-refractivity contribution in [3.05, 3.63) is 182 Å². The zero-order chi connectivity index (χ0) is 37.5. The van der Waals surface area contributed by atoms with Crippen LogP contribution in [0.25, 0.3) is 115 Å². The van der Waals surface area contributed by atoms with E-state index in [1.807, 2.05) is 59.9 Å². The molecule has 12 aromatic rings. The summed E-state index contributed by atoms with van der Waals surface area (Å²) in [4.78, 5) is 15.5. The monoisotopic (exact) mass is 746 g/mol. The maximum absolute atomic E-state index is 6.16. The van der Waals surface area contributed by atoms with E-state index < -0.39 is 0 Å². The number of benzene rings is 8. The van der Waals surface area contributed by atoms with E-state index in [0.717, 1.165) is 49.7 Å². The Balaban J connectivity index is 1.06. The smallest absolute Gasteiger partial charge is 0.164 e. The van der Waals surface area contributed by atoms with E-state index in [4.69, 9.17) is 19.4 Å². The molecule has 0 N–H and O–H groups in total. The number of rotatable bonds is 5. The molecular weight excluding hydrogens is 717 g/mol. The van der Waals surface area contributed by atoms with Crippen LogP contribution in [0.2, 0.25) is 0 Å². The first-order valence-corrected chi connectivity index (χ1v) is 19.8. The quantitative estimate of drug-likeness (QED) is 0.176. The lowest BCUT2D eigenvalue weighted by Crippen LogP contribution is -2.00. The Morgan fingerprint density at radius 3 is 1.93 bits per heavy atom. The number of aromatic nitrogens is 4. The molecule has 0 amide bonds. The molecule has 8 aromatic carbocycles. The lowest BCUT2D eigenvalue weighted by atomic mass is 9.99. The summed E-state index contributed by atoms with van der Waals surface area (Å²) in [5, 5.41) is 6.92. The molecule has 0 aliphatic heterocycles. The zero-order valence-electron chi connectivity index (χ0n) is 30.4. The normalized spacial score (nSPS) is 11.9. The molecular formula is C51H30N4OS. The molecule has 0 spiro atoms. The summed E-state index contributed by atoms with van der Waals surface area (Å²) in [6, 6.07) is 63.8. The second-order valence-corrected chi connectivity index (χ2v) is 15.4. The minimum Gasteiger partial charge on any atom is -0.456 e. The van der Waals surface area contributed by atoms with Gasteiger partial charge in [-0.05, 0) is 65.7 Å². The Morgan fingerprint density at radius 2 is 1.05 bits per heavy atom. The van der Waals surface area contributed by atoms with Gasteiger partial charge < -0.3 is 8.98 Å². The third-order valence-corrected chi connectivity index (χ3v) is 12.3. The summed E-state index contributed by atoms with van der Waals surface area (Å²) in [7, 11) is 0. The highest BCUT2D eigenvalue weighted by molar-refractivity contribution is 7.26. The predicted octanol–water partition coefficient (Wildman–Crippen LogP) is 13.9. The number of nitrogens with zero attached hydrogens (tertiary/aromatic N) is 4. The van der Waals surface area contributed by atoms with E-state index in [9.17, 15) is 0 Å². The van der Waals surface area contributed by atoms with E-state index in [2.05, 4.69) is 138 Å². The molecule has 6 heteroatoms. The number of hydrogen-bond donors (Lipinski definition) is 0. The molecule has 0 saturated heterocycles. The van der Waals surface area contributed by atoms with Crippen molar-refractivity contribution in [1.29, 1.82) is 0 Å². The van der Waals surface area contributed by atoms with Crippen LogP contribution >= 0.6 is 11.3 Å². The molecule has 0 radical (unpaired) electrons. The Labute approximate surface area is 330 Å². The maximum atomic E-state index is 6.16. The van der Waals surface area contributed by atoms with Crippen LogP contribution in [-0.2, 0) is 0 Å². The van der Waals surface area contributed by atoms with Crippen LogP contribution in [-0.4, -0.2) is 19.5 Å². The Bertz CT molecular complexity index is 3530. The highest BCUT2D eigenvalue weighted by Crippen LogP contribution is 2.45. The molecule has 0 saturated carbocycles. The van der Waals surface area contributed by atoms with E-state index in [-0.39, 0.29) is 0 Å². The minimum absolute atomic E-state index is 0.616. The van der Waals surface area contributed by atoms with Crippen LogP contribution in [0.4, 0.5) is 0 Å². The van der Waals surface area contributed by atoms with Gasteiger partial charge in [0.2, 0.25) is 0 Å². The molecule has 12 rings (SSSR count). The predicted molar refractivity (Wildman–Crippen MR) is 236 cm³/mol. The SMILES string of the molecule is c1ccc(-c2nc(-c3ccc4oc5ccccc5c4c3)nc(-c3cccc4sc5c(-c6ccc7c8ccccc8n(-c8ccccc8)c7c6)cccc5c34)n2)cc1. The fraction of sp³-hybridized carbons (Fsp3) is 0. The van der Waals surface area contributed by atoms with Gasteiger partial charge in [0.25, 0.3) is 0 Å². The van der Waals surface area contributed by atoms with Gasteiger partial charge in [0.15, 0.2) is 17.5 Å². The van der Waals surface area contributed by atoms with Crippen molar-refractivity contribution in [1.82, 2.24) is 19.5 Å². The molecule has 0 fully saturated rings. The number of thiophene rings is 1. The summed E-state index contributed by atoms with van der Waals surface area (Å²) in [6.45, 7) is 0. The van der Waals surface area contributed by atoms with Crippen molar-refractivity contribution in [3.63, 3.8) is 0 Å². The number of para-hydroxylation sites is 3. The molecule has 4 heterocycles. The zero-order valence-corrected chi connectivity index (χ0v) is 31.2. The van der Waals surface area contributed by atoms with Crippen molar-refractivity contribution >= 4 is 75.3 Å². The summed E-state index contributed by atoms with van der Waals surface area (Å²) in [6.07, 6.45) is 0. The van der Waals surface area contributed by atoms with E-state index >= 15 is 0 Å². The molecule has 0 unspecified atom stereocenters.